The molecule has 160 valence electrons. The zero-order valence-electron chi connectivity index (χ0n) is 16.9. The monoisotopic (exact) mass is 432 g/mol. The van der Waals surface area contributed by atoms with Gasteiger partial charge >= 0.3 is 12.0 Å². The zero-order chi connectivity index (χ0) is 21.7. The van der Waals surface area contributed by atoms with Crippen molar-refractivity contribution in [1.29, 1.82) is 0 Å². The largest absolute Gasteiger partial charge is 0.497 e. The minimum absolute atomic E-state index is 0.0431. The van der Waals surface area contributed by atoms with Crippen LogP contribution >= 0.6 is 0 Å². The number of benzene rings is 2. The van der Waals surface area contributed by atoms with Crippen LogP contribution in [0.5, 0.6) is 5.75 Å². The van der Waals surface area contributed by atoms with Crippen LogP contribution in [0.4, 0.5) is 10.5 Å². The highest BCUT2D eigenvalue weighted by Crippen LogP contribution is 2.25. The lowest BCUT2D eigenvalue weighted by molar-refractivity contribution is 0.0600. The molecule has 0 aliphatic carbocycles. The Morgan fingerprint density at radius 3 is 2.30 bits per heavy atom. The molecule has 0 spiro atoms. The molecule has 9 heteroatoms. The Kier molecular flexibility index (Phi) is 6.61. The molecule has 0 saturated carbocycles. The fraction of sp³-hybridized carbons (Fsp3) is 0.333. The van der Waals surface area contributed by atoms with Crippen molar-refractivity contribution in [2.45, 2.75) is 6.54 Å². The van der Waals surface area contributed by atoms with E-state index in [0.717, 1.165) is 5.56 Å². The standard InChI is InChI=1S/C21H24N2O6S/c1-28-19-5-3-4-18(14-19)23(21(25)22-10-12-30(26,27)13-11-22)15-16-6-8-17(9-7-16)20(24)29-2/h3-9,14H,10-13,15H2,1-2H3. The van der Waals surface area contributed by atoms with Crippen LogP contribution in [0.1, 0.15) is 15.9 Å². The second-order valence-electron chi connectivity index (χ2n) is 6.90. The van der Waals surface area contributed by atoms with E-state index >= 15 is 0 Å². The smallest absolute Gasteiger partial charge is 0.337 e. The topological polar surface area (TPSA) is 93.2 Å². The third kappa shape index (κ3) is 5.10. The number of hydrogen-bond acceptors (Lipinski definition) is 6. The van der Waals surface area contributed by atoms with Crippen molar-refractivity contribution in [1.82, 2.24) is 4.90 Å². The summed E-state index contributed by atoms with van der Waals surface area (Å²) < 4.78 is 33.5. The van der Waals surface area contributed by atoms with Gasteiger partial charge in [0.15, 0.2) is 9.84 Å². The summed E-state index contributed by atoms with van der Waals surface area (Å²) in [6, 6.07) is 13.6. The van der Waals surface area contributed by atoms with Crippen molar-refractivity contribution in [3.8, 4) is 5.75 Å². The summed E-state index contributed by atoms with van der Waals surface area (Å²) in [5, 5.41) is 0. The molecule has 2 amide bonds. The first-order chi connectivity index (χ1) is 14.3. The molecule has 0 aromatic heterocycles. The fourth-order valence-electron chi connectivity index (χ4n) is 3.17. The number of amides is 2. The first-order valence-corrected chi connectivity index (χ1v) is 11.2. The molecule has 0 atom stereocenters. The summed E-state index contributed by atoms with van der Waals surface area (Å²) in [5.74, 6) is 0.0844. The first kappa shape index (κ1) is 21.6. The van der Waals surface area contributed by atoms with E-state index in [9.17, 15) is 18.0 Å². The number of rotatable bonds is 5. The van der Waals surface area contributed by atoms with Crippen molar-refractivity contribution in [2.75, 3.05) is 43.7 Å². The van der Waals surface area contributed by atoms with Crippen LogP contribution in [-0.2, 0) is 21.1 Å². The maximum Gasteiger partial charge on any atom is 0.337 e. The third-order valence-electron chi connectivity index (χ3n) is 4.93. The van der Waals surface area contributed by atoms with Crippen LogP contribution in [0.25, 0.3) is 0 Å². The SMILES string of the molecule is COC(=O)c1ccc(CN(C(=O)N2CCS(=O)(=O)CC2)c2cccc(OC)c2)cc1. The van der Waals surface area contributed by atoms with Gasteiger partial charge in [0.1, 0.15) is 5.75 Å². The molecule has 0 radical (unpaired) electrons. The number of carbonyl (C=O) groups excluding carboxylic acids is 2. The lowest BCUT2D eigenvalue weighted by atomic mass is 10.1. The number of urea groups is 1. The maximum absolute atomic E-state index is 13.3. The van der Waals surface area contributed by atoms with Crippen molar-refractivity contribution in [2.24, 2.45) is 0 Å². The summed E-state index contributed by atoms with van der Waals surface area (Å²) in [5.41, 5.74) is 1.86. The molecular weight excluding hydrogens is 408 g/mol. The molecule has 0 N–H and O–H groups in total. The van der Waals surface area contributed by atoms with E-state index in [1.165, 1.54) is 7.11 Å². The summed E-state index contributed by atoms with van der Waals surface area (Å²) >= 11 is 0. The highest BCUT2D eigenvalue weighted by atomic mass is 32.2. The average Bonchev–Trinajstić information content (AvgIpc) is 2.77. The minimum atomic E-state index is -3.10. The van der Waals surface area contributed by atoms with Gasteiger partial charge in [-0.3, -0.25) is 4.90 Å². The van der Waals surface area contributed by atoms with E-state index in [1.54, 1.807) is 65.4 Å². The summed E-state index contributed by atoms with van der Waals surface area (Å²) in [7, 11) is -0.235. The van der Waals surface area contributed by atoms with Crippen LogP contribution in [-0.4, -0.2) is 64.1 Å². The highest BCUT2D eigenvalue weighted by Gasteiger charge is 2.29. The number of hydrogen-bond donors (Lipinski definition) is 0. The summed E-state index contributed by atoms with van der Waals surface area (Å²) in [6.07, 6.45) is 0. The fourth-order valence-corrected chi connectivity index (χ4v) is 4.37. The van der Waals surface area contributed by atoms with Crippen LogP contribution in [0.3, 0.4) is 0 Å². The number of methoxy groups -OCH3 is 2. The Balaban J connectivity index is 1.87. The lowest BCUT2D eigenvalue weighted by Crippen LogP contribution is -2.49. The minimum Gasteiger partial charge on any atom is -0.497 e. The Bertz CT molecular complexity index is 1010. The van der Waals surface area contributed by atoms with Crippen LogP contribution < -0.4 is 9.64 Å². The molecule has 1 fully saturated rings. The first-order valence-electron chi connectivity index (χ1n) is 9.41. The Labute approximate surface area is 175 Å². The van der Waals surface area contributed by atoms with Gasteiger partial charge in [0.25, 0.3) is 0 Å². The van der Waals surface area contributed by atoms with Gasteiger partial charge in [0.05, 0.1) is 37.8 Å². The molecule has 0 unspecified atom stereocenters. The molecule has 2 aromatic carbocycles. The average molecular weight is 432 g/mol. The normalized spacial score (nSPS) is 15.3. The second kappa shape index (κ2) is 9.17. The third-order valence-corrected chi connectivity index (χ3v) is 6.54. The van der Waals surface area contributed by atoms with Gasteiger partial charge in [0, 0.05) is 24.8 Å². The highest BCUT2D eigenvalue weighted by molar-refractivity contribution is 7.91. The van der Waals surface area contributed by atoms with E-state index in [1.807, 2.05) is 0 Å². The molecule has 1 saturated heterocycles. The molecule has 1 aliphatic rings. The number of sulfone groups is 1. The lowest BCUT2D eigenvalue weighted by Gasteiger charge is -2.33. The second-order valence-corrected chi connectivity index (χ2v) is 9.20. The Morgan fingerprint density at radius 2 is 1.70 bits per heavy atom. The molecule has 0 bridgehead atoms. The molecule has 3 rings (SSSR count). The number of nitrogens with zero attached hydrogens (tertiary/aromatic N) is 2. The van der Waals surface area contributed by atoms with Gasteiger partial charge < -0.3 is 14.4 Å². The number of anilines is 1. The predicted octanol–water partition coefficient (Wildman–Crippen LogP) is 2.34. The van der Waals surface area contributed by atoms with Crippen molar-refractivity contribution >= 4 is 27.5 Å². The van der Waals surface area contributed by atoms with Crippen molar-refractivity contribution < 1.29 is 27.5 Å². The van der Waals surface area contributed by atoms with E-state index in [4.69, 9.17) is 9.47 Å². The number of carbonyl (C=O) groups is 2. The number of ether oxygens (including phenoxy) is 2. The summed E-state index contributed by atoms with van der Waals surface area (Å²) in [4.78, 5) is 28.0. The van der Waals surface area contributed by atoms with Gasteiger partial charge in [-0.25, -0.2) is 18.0 Å². The molecule has 1 heterocycles. The van der Waals surface area contributed by atoms with Gasteiger partial charge in [0.2, 0.25) is 0 Å². The van der Waals surface area contributed by atoms with E-state index in [-0.39, 0.29) is 37.2 Å². The molecule has 30 heavy (non-hydrogen) atoms. The van der Waals surface area contributed by atoms with Gasteiger partial charge in [-0.05, 0) is 29.8 Å². The van der Waals surface area contributed by atoms with Gasteiger partial charge in [-0.15, -0.1) is 0 Å². The Hall–Kier alpha value is -3.07. The molecule has 1 aliphatic heterocycles. The maximum atomic E-state index is 13.3. The van der Waals surface area contributed by atoms with Crippen LogP contribution in [0.15, 0.2) is 48.5 Å². The van der Waals surface area contributed by atoms with E-state index < -0.39 is 15.8 Å². The predicted molar refractivity (Wildman–Crippen MR) is 113 cm³/mol. The van der Waals surface area contributed by atoms with Crippen molar-refractivity contribution in [3.63, 3.8) is 0 Å². The summed E-state index contributed by atoms with van der Waals surface area (Å²) in [6.45, 7) is 0.558. The van der Waals surface area contributed by atoms with E-state index in [0.29, 0.717) is 17.0 Å². The van der Waals surface area contributed by atoms with Crippen LogP contribution in [0.2, 0.25) is 0 Å². The van der Waals surface area contributed by atoms with Crippen molar-refractivity contribution in [3.05, 3.63) is 59.7 Å². The zero-order valence-corrected chi connectivity index (χ0v) is 17.7. The van der Waals surface area contributed by atoms with Crippen LogP contribution in [0, 0.1) is 0 Å². The van der Waals surface area contributed by atoms with E-state index in [2.05, 4.69) is 0 Å². The van der Waals surface area contributed by atoms with Gasteiger partial charge in [-0.1, -0.05) is 18.2 Å². The molecule has 2 aromatic rings. The Morgan fingerprint density at radius 1 is 1.03 bits per heavy atom. The van der Waals surface area contributed by atoms with Gasteiger partial charge in [-0.2, -0.15) is 0 Å². The molecular formula is C21H24N2O6S. The number of esters is 1. The quantitative estimate of drug-likeness (QED) is 0.674. The molecule has 8 nitrogen and oxygen atoms in total.